The number of carbonyl (C=O) groups is 1. The van der Waals surface area contributed by atoms with E-state index < -0.39 is 11.6 Å². The van der Waals surface area contributed by atoms with Gasteiger partial charge in [0.25, 0.3) is 0 Å². The molecule has 1 aromatic heterocycles. The lowest BCUT2D eigenvalue weighted by Gasteiger charge is -2.38. The van der Waals surface area contributed by atoms with Gasteiger partial charge in [-0.05, 0) is 45.7 Å². The summed E-state index contributed by atoms with van der Waals surface area (Å²) in [4.78, 5) is 20.2. The van der Waals surface area contributed by atoms with Gasteiger partial charge in [0.05, 0.1) is 39.8 Å². The molecule has 0 radical (unpaired) electrons. The van der Waals surface area contributed by atoms with Gasteiger partial charge in [-0.2, -0.15) is 0 Å². The number of aromatic nitrogens is 1. The second-order valence-corrected chi connectivity index (χ2v) is 9.13. The van der Waals surface area contributed by atoms with Gasteiger partial charge in [-0.15, -0.1) is 11.3 Å². The van der Waals surface area contributed by atoms with E-state index in [1.165, 1.54) is 4.90 Å². The van der Waals surface area contributed by atoms with Crippen LogP contribution < -0.4 is 10.6 Å². The van der Waals surface area contributed by atoms with E-state index in [9.17, 15) is 15.0 Å². The fourth-order valence-electron chi connectivity index (χ4n) is 4.01. The maximum atomic E-state index is 11.9. The van der Waals surface area contributed by atoms with Gasteiger partial charge in [-0.3, -0.25) is 4.90 Å². The summed E-state index contributed by atoms with van der Waals surface area (Å²) in [7, 11) is 0. The molecule has 0 saturated carbocycles. The van der Waals surface area contributed by atoms with E-state index in [0.717, 1.165) is 27.3 Å². The van der Waals surface area contributed by atoms with Gasteiger partial charge in [0.2, 0.25) is 0 Å². The lowest BCUT2D eigenvalue weighted by Crippen LogP contribution is -2.52. The molecule has 8 heteroatoms. The van der Waals surface area contributed by atoms with E-state index in [-0.39, 0.29) is 18.7 Å². The summed E-state index contributed by atoms with van der Waals surface area (Å²) < 4.78 is 1.06. The van der Waals surface area contributed by atoms with E-state index in [0.29, 0.717) is 18.7 Å². The van der Waals surface area contributed by atoms with Crippen molar-refractivity contribution in [3.63, 3.8) is 0 Å². The second-order valence-electron chi connectivity index (χ2n) is 8.01. The number of aliphatic hydroxyl groups is 1. The molecule has 148 valence electrons. The van der Waals surface area contributed by atoms with Gasteiger partial charge < -0.3 is 20.8 Å². The van der Waals surface area contributed by atoms with Gasteiger partial charge >= 0.3 is 6.09 Å². The molecule has 0 bridgehead atoms. The van der Waals surface area contributed by atoms with Crippen LogP contribution in [0.15, 0.2) is 12.1 Å². The number of benzene rings is 1. The second kappa shape index (κ2) is 7.16. The average Bonchev–Trinajstić information content (AvgIpc) is 3.16. The van der Waals surface area contributed by atoms with Crippen molar-refractivity contribution in [2.24, 2.45) is 0 Å². The van der Waals surface area contributed by atoms with Gasteiger partial charge in [-0.25, -0.2) is 9.78 Å². The Morgan fingerprint density at radius 1 is 1.44 bits per heavy atom. The highest BCUT2D eigenvalue weighted by molar-refractivity contribution is 7.18. The van der Waals surface area contributed by atoms with Crippen LogP contribution in [0, 0.1) is 0 Å². The van der Waals surface area contributed by atoms with Crippen molar-refractivity contribution in [3.05, 3.63) is 17.1 Å². The van der Waals surface area contributed by atoms with Crippen molar-refractivity contribution in [1.82, 2.24) is 9.88 Å². The highest BCUT2D eigenvalue weighted by Crippen LogP contribution is 2.40. The number of rotatable bonds is 4. The topological polar surface area (TPSA) is 103 Å². The van der Waals surface area contributed by atoms with Crippen molar-refractivity contribution >= 4 is 39.0 Å². The van der Waals surface area contributed by atoms with Gasteiger partial charge in [-0.1, -0.05) is 6.92 Å². The minimum Gasteiger partial charge on any atom is -0.465 e. The van der Waals surface area contributed by atoms with Gasteiger partial charge in [0.1, 0.15) is 5.52 Å². The fraction of sp³-hybridized carbons (Fsp3) is 0.579. The van der Waals surface area contributed by atoms with Crippen molar-refractivity contribution in [1.29, 1.82) is 0 Å². The largest absolute Gasteiger partial charge is 0.465 e. The molecular formula is C19H28N4O3S. The molecule has 0 unspecified atom stereocenters. The van der Waals surface area contributed by atoms with E-state index in [4.69, 9.17) is 10.7 Å². The Morgan fingerprint density at radius 3 is 2.70 bits per heavy atom. The van der Waals surface area contributed by atoms with Crippen LogP contribution in [0.4, 0.5) is 16.2 Å². The molecule has 1 aromatic carbocycles. The molecule has 7 nitrogen and oxygen atoms in total. The van der Waals surface area contributed by atoms with Crippen LogP contribution in [0.1, 0.15) is 39.1 Å². The molecule has 1 aliphatic rings. The van der Waals surface area contributed by atoms with Crippen molar-refractivity contribution < 1.29 is 15.0 Å². The number of fused-ring (bicyclic) bond motifs is 1. The molecule has 2 atom stereocenters. The number of thiazole rings is 1. The number of nitrogens with two attached hydrogens (primary N) is 1. The SMILES string of the molecule is CCc1nc2c(N3C[C@@H](N(C(=O)O)C(C)(C)C)C[C@H]3CO)c(N)ccc2s1. The van der Waals surface area contributed by atoms with Crippen LogP contribution >= 0.6 is 11.3 Å². The number of nitrogens with zero attached hydrogens (tertiary/aromatic N) is 3. The lowest BCUT2D eigenvalue weighted by atomic mass is 10.0. The predicted molar refractivity (Wildman–Crippen MR) is 110 cm³/mol. The van der Waals surface area contributed by atoms with E-state index in [2.05, 4.69) is 6.92 Å². The summed E-state index contributed by atoms with van der Waals surface area (Å²) in [5.74, 6) is 0. The van der Waals surface area contributed by atoms with Crippen LogP contribution in [-0.4, -0.2) is 57.0 Å². The molecule has 4 N–H and O–H groups in total. The average molecular weight is 393 g/mol. The molecule has 1 saturated heterocycles. The van der Waals surface area contributed by atoms with Crippen LogP contribution in [0.2, 0.25) is 0 Å². The monoisotopic (exact) mass is 392 g/mol. The fourth-order valence-corrected chi connectivity index (χ4v) is 4.92. The van der Waals surface area contributed by atoms with E-state index in [1.54, 1.807) is 11.3 Å². The summed E-state index contributed by atoms with van der Waals surface area (Å²) in [6.07, 6.45) is 0.460. The molecule has 27 heavy (non-hydrogen) atoms. The Morgan fingerprint density at radius 2 is 2.15 bits per heavy atom. The smallest absolute Gasteiger partial charge is 0.408 e. The standard InChI is InChI=1S/C19H28N4O3S/c1-5-15-21-16-14(27-15)7-6-13(20)17(16)22-9-11(8-12(22)10-24)23(18(25)26)19(2,3)4/h6-7,11-12,24H,5,8-10,20H2,1-4H3,(H,25,26)/t11-,12-/m0/s1. The summed E-state index contributed by atoms with van der Waals surface area (Å²) in [6, 6.07) is 3.43. The number of aliphatic hydroxyl groups excluding tert-OH is 1. The number of nitrogen functional groups attached to an aromatic ring is 1. The summed E-state index contributed by atoms with van der Waals surface area (Å²) in [5.41, 5.74) is 8.04. The van der Waals surface area contributed by atoms with Crippen molar-refractivity contribution in [3.8, 4) is 0 Å². The quantitative estimate of drug-likeness (QED) is 0.691. The summed E-state index contributed by atoms with van der Waals surface area (Å²) in [5, 5.41) is 20.8. The third kappa shape index (κ3) is 3.55. The molecule has 2 aromatic rings. The number of carboxylic acid groups (broad SMARTS) is 1. The number of anilines is 2. The van der Waals surface area contributed by atoms with Crippen LogP contribution in [0.5, 0.6) is 0 Å². The number of aryl methyl sites for hydroxylation is 1. The Labute approximate surface area is 163 Å². The molecule has 2 heterocycles. The zero-order valence-corrected chi connectivity index (χ0v) is 17.1. The van der Waals surface area contributed by atoms with Crippen LogP contribution in [0.25, 0.3) is 10.2 Å². The first kappa shape index (κ1) is 19.7. The maximum absolute atomic E-state index is 11.9. The number of amides is 1. The predicted octanol–water partition coefficient (Wildman–Crippen LogP) is 3.16. The molecular weight excluding hydrogens is 364 g/mol. The zero-order chi connectivity index (χ0) is 19.9. The van der Waals surface area contributed by atoms with Crippen molar-refractivity contribution in [2.75, 3.05) is 23.8 Å². The van der Waals surface area contributed by atoms with E-state index in [1.807, 2.05) is 37.8 Å². The van der Waals surface area contributed by atoms with Gasteiger partial charge in [0, 0.05) is 12.1 Å². The summed E-state index contributed by atoms with van der Waals surface area (Å²) >= 11 is 1.64. The molecule has 0 spiro atoms. The number of hydrogen-bond acceptors (Lipinski definition) is 6. The van der Waals surface area contributed by atoms with E-state index >= 15 is 0 Å². The molecule has 1 aliphatic heterocycles. The Kier molecular flexibility index (Phi) is 5.22. The first-order valence-corrected chi connectivity index (χ1v) is 10.1. The first-order chi connectivity index (χ1) is 12.7. The third-order valence-corrected chi connectivity index (χ3v) is 6.26. The van der Waals surface area contributed by atoms with Crippen LogP contribution in [-0.2, 0) is 6.42 Å². The van der Waals surface area contributed by atoms with Gasteiger partial charge in [0.15, 0.2) is 0 Å². The minimum absolute atomic E-state index is 0.0608. The number of hydrogen-bond donors (Lipinski definition) is 3. The Balaban J connectivity index is 2.04. The third-order valence-electron chi connectivity index (χ3n) is 5.10. The molecule has 0 aliphatic carbocycles. The molecule has 1 fully saturated rings. The minimum atomic E-state index is -0.945. The summed E-state index contributed by atoms with van der Waals surface area (Å²) in [6.45, 7) is 8.16. The Bertz CT molecular complexity index is 845. The zero-order valence-electron chi connectivity index (χ0n) is 16.3. The maximum Gasteiger partial charge on any atom is 0.408 e. The van der Waals surface area contributed by atoms with Crippen LogP contribution in [0.3, 0.4) is 0 Å². The van der Waals surface area contributed by atoms with Crippen molar-refractivity contribution in [2.45, 2.75) is 58.2 Å². The Hall–Kier alpha value is -2.06. The molecule has 3 rings (SSSR count). The molecule has 1 amide bonds. The first-order valence-electron chi connectivity index (χ1n) is 9.25. The lowest BCUT2D eigenvalue weighted by molar-refractivity contribution is 0.0745. The highest BCUT2D eigenvalue weighted by atomic mass is 32.1. The normalized spacial score (nSPS) is 20.4. The highest BCUT2D eigenvalue weighted by Gasteiger charge is 2.42.